The standard InChI is InChI=1S/C17H15F3N2O4/c1-2-26-15(24)11-8-21-16(25)22(14(11)23)13-7-6-9-10(13)4-3-5-12(9)17(18,19)20/h3-5,8,13H,2,6-7H2,1H3,(H,21,25)/t13-/m1/s1. The van der Waals surface area contributed by atoms with Crippen LogP contribution in [-0.2, 0) is 17.3 Å². The number of nitrogens with one attached hydrogen (secondary N) is 1. The number of H-pyrrole nitrogens is 1. The highest BCUT2D eigenvalue weighted by Gasteiger charge is 2.38. The minimum absolute atomic E-state index is 0.0403. The normalized spacial score (nSPS) is 16.4. The van der Waals surface area contributed by atoms with Crippen LogP contribution in [0.5, 0.6) is 0 Å². The van der Waals surface area contributed by atoms with Crippen molar-refractivity contribution in [3.63, 3.8) is 0 Å². The molecule has 138 valence electrons. The molecule has 2 aromatic rings. The summed E-state index contributed by atoms with van der Waals surface area (Å²) in [6.45, 7) is 1.60. The van der Waals surface area contributed by atoms with Crippen LogP contribution in [-0.4, -0.2) is 22.1 Å². The van der Waals surface area contributed by atoms with E-state index in [9.17, 15) is 27.6 Å². The highest BCUT2D eigenvalue weighted by molar-refractivity contribution is 5.88. The molecule has 1 aliphatic rings. The maximum Gasteiger partial charge on any atom is 0.416 e. The number of benzene rings is 1. The van der Waals surface area contributed by atoms with E-state index in [-0.39, 0.29) is 36.1 Å². The summed E-state index contributed by atoms with van der Waals surface area (Å²) in [7, 11) is 0. The Morgan fingerprint density at radius 3 is 2.73 bits per heavy atom. The fourth-order valence-corrected chi connectivity index (χ4v) is 3.29. The van der Waals surface area contributed by atoms with Gasteiger partial charge in [0.15, 0.2) is 0 Å². The van der Waals surface area contributed by atoms with Crippen molar-refractivity contribution in [2.24, 2.45) is 0 Å². The molecule has 0 amide bonds. The van der Waals surface area contributed by atoms with Gasteiger partial charge in [-0.25, -0.2) is 9.59 Å². The van der Waals surface area contributed by atoms with Gasteiger partial charge in [-0.2, -0.15) is 13.2 Å². The lowest BCUT2D eigenvalue weighted by Crippen LogP contribution is -2.40. The van der Waals surface area contributed by atoms with Gasteiger partial charge >= 0.3 is 17.8 Å². The second-order valence-electron chi connectivity index (χ2n) is 5.83. The first kappa shape index (κ1) is 18.0. The van der Waals surface area contributed by atoms with E-state index < -0.39 is 35.0 Å². The minimum atomic E-state index is -4.52. The van der Waals surface area contributed by atoms with Gasteiger partial charge in [0.2, 0.25) is 0 Å². The zero-order chi connectivity index (χ0) is 19.1. The molecule has 0 radical (unpaired) electrons. The average Bonchev–Trinajstić information content (AvgIpc) is 2.98. The highest BCUT2D eigenvalue weighted by Crippen LogP contribution is 2.41. The predicted molar refractivity (Wildman–Crippen MR) is 85.2 cm³/mol. The molecule has 6 nitrogen and oxygen atoms in total. The second kappa shape index (κ2) is 6.47. The molecule has 0 saturated carbocycles. The molecular formula is C17H15F3N2O4. The van der Waals surface area contributed by atoms with Gasteiger partial charge in [-0.15, -0.1) is 0 Å². The Kier molecular flexibility index (Phi) is 4.47. The Balaban J connectivity index is 2.15. The molecule has 0 saturated heterocycles. The van der Waals surface area contributed by atoms with Gasteiger partial charge in [0, 0.05) is 6.20 Å². The van der Waals surface area contributed by atoms with Gasteiger partial charge in [0.05, 0.1) is 18.2 Å². The molecule has 1 atom stereocenters. The quantitative estimate of drug-likeness (QED) is 0.843. The van der Waals surface area contributed by atoms with Gasteiger partial charge in [0.25, 0.3) is 5.56 Å². The molecule has 1 heterocycles. The van der Waals surface area contributed by atoms with Crippen LogP contribution in [0, 0.1) is 0 Å². The van der Waals surface area contributed by atoms with Crippen molar-refractivity contribution < 1.29 is 22.7 Å². The number of carbonyl (C=O) groups excluding carboxylic acids is 1. The fraction of sp³-hybridized carbons (Fsp3) is 0.353. The molecule has 26 heavy (non-hydrogen) atoms. The summed E-state index contributed by atoms with van der Waals surface area (Å²) in [4.78, 5) is 38.9. The Morgan fingerprint density at radius 1 is 1.35 bits per heavy atom. The lowest BCUT2D eigenvalue weighted by Gasteiger charge is -2.16. The fourth-order valence-electron chi connectivity index (χ4n) is 3.29. The summed E-state index contributed by atoms with van der Waals surface area (Å²) < 4.78 is 45.1. The molecule has 0 spiro atoms. The van der Waals surface area contributed by atoms with Gasteiger partial charge in [-0.3, -0.25) is 9.36 Å². The summed E-state index contributed by atoms with van der Waals surface area (Å²) in [5.74, 6) is -0.898. The molecule has 1 aromatic heterocycles. The topological polar surface area (TPSA) is 81.2 Å². The van der Waals surface area contributed by atoms with Crippen LogP contribution in [0.3, 0.4) is 0 Å². The Morgan fingerprint density at radius 2 is 2.08 bits per heavy atom. The average molecular weight is 368 g/mol. The van der Waals surface area contributed by atoms with Crippen molar-refractivity contribution in [2.45, 2.75) is 32.0 Å². The molecule has 1 aromatic carbocycles. The molecule has 1 aliphatic carbocycles. The van der Waals surface area contributed by atoms with Crippen molar-refractivity contribution in [3.8, 4) is 0 Å². The number of hydrogen-bond acceptors (Lipinski definition) is 4. The molecule has 9 heteroatoms. The number of nitrogens with zero attached hydrogens (tertiary/aromatic N) is 1. The number of fused-ring (bicyclic) bond motifs is 1. The number of carbonyl (C=O) groups is 1. The Hall–Kier alpha value is -2.84. The van der Waals surface area contributed by atoms with Crippen LogP contribution >= 0.6 is 0 Å². The first-order valence-electron chi connectivity index (χ1n) is 7.96. The van der Waals surface area contributed by atoms with Gasteiger partial charge in [-0.05, 0) is 37.0 Å². The third-order valence-electron chi connectivity index (χ3n) is 4.36. The third-order valence-corrected chi connectivity index (χ3v) is 4.36. The van der Waals surface area contributed by atoms with Crippen molar-refractivity contribution in [1.82, 2.24) is 9.55 Å². The van der Waals surface area contributed by atoms with Crippen LogP contribution < -0.4 is 11.2 Å². The van der Waals surface area contributed by atoms with Crippen LogP contribution in [0.15, 0.2) is 34.0 Å². The molecule has 0 aliphatic heterocycles. The van der Waals surface area contributed by atoms with Crippen molar-refractivity contribution >= 4 is 5.97 Å². The smallest absolute Gasteiger partial charge is 0.416 e. The molecule has 3 rings (SSSR count). The largest absolute Gasteiger partial charge is 0.462 e. The first-order valence-corrected chi connectivity index (χ1v) is 7.96. The van der Waals surface area contributed by atoms with Crippen molar-refractivity contribution in [2.75, 3.05) is 6.61 Å². The number of alkyl halides is 3. The molecule has 0 fully saturated rings. The second-order valence-corrected chi connectivity index (χ2v) is 5.83. The molecule has 0 bridgehead atoms. The monoisotopic (exact) mass is 368 g/mol. The Bertz CT molecular complexity index is 975. The van der Waals surface area contributed by atoms with Crippen LogP contribution in [0.2, 0.25) is 0 Å². The molecule has 1 N–H and O–H groups in total. The maximum atomic E-state index is 13.2. The number of hydrogen-bond donors (Lipinski definition) is 1. The summed E-state index contributed by atoms with van der Waals surface area (Å²) in [6, 6.07) is 2.81. The number of halogens is 3. The zero-order valence-electron chi connectivity index (χ0n) is 13.7. The summed E-state index contributed by atoms with van der Waals surface area (Å²) in [5.41, 5.74) is -2.50. The summed E-state index contributed by atoms with van der Waals surface area (Å²) >= 11 is 0. The minimum Gasteiger partial charge on any atom is -0.462 e. The number of esters is 1. The van der Waals surface area contributed by atoms with E-state index in [1.165, 1.54) is 12.1 Å². The van der Waals surface area contributed by atoms with E-state index in [1.54, 1.807) is 6.92 Å². The van der Waals surface area contributed by atoms with Crippen molar-refractivity contribution in [1.29, 1.82) is 0 Å². The van der Waals surface area contributed by atoms with Crippen LogP contribution in [0.1, 0.15) is 46.4 Å². The van der Waals surface area contributed by atoms with E-state index in [1.807, 2.05) is 0 Å². The van der Waals surface area contributed by atoms with E-state index in [2.05, 4.69) is 4.98 Å². The van der Waals surface area contributed by atoms with Gasteiger partial charge in [0.1, 0.15) is 5.56 Å². The lowest BCUT2D eigenvalue weighted by molar-refractivity contribution is -0.138. The lowest BCUT2D eigenvalue weighted by atomic mass is 10.0. The maximum absolute atomic E-state index is 13.2. The van der Waals surface area contributed by atoms with Crippen LogP contribution in [0.25, 0.3) is 0 Å². The van der Waals surface area contributed by atoms with Gasteiger partial charge < -0.3 is 9.72 Å². The highest BCUT2D eigenvalue weighted by atomic mass is 19.4. The van der Waals surface area contributed by atoms with Crippen molar-refractivity contribution in [3.05, 3.63) is 67.5 Å². The summed E-state index contributed by atoms with van der Waals surface area (Å²) in [5, 5.41) is 0. The van der Waals surface area contributed by atoms with Crippen LogP contribution in [0.4, 0.5) is 13.2 Å². The number of aromatic nitrogens is 2. The first-order chi connectivity index (χ1) is 12.3. The molecule has 0 unspecified atom stereocenters. The Labute approximate surface area is 145 Å². The van der Waals surface area contributed by atoms with Gasteiger partial charge in [-0.1, -0.05) is 12.1 Å². The van der Waals surface area contributed by atoms with E-state index in [4.69, 9.17) is 4.74 Å². The SMILES string of the molecule is CCOC(=O)c1c[nH]c(=O)n([C@@H]2CCc3c2cccc3C(F)(F)F)c1=O. The van der Waals surface area contributed by atoms with E-state index in [0.29, 0.717) is 0 Å². The zero-order valence-corrected chi connectivity index (χ0v) is 13.7. The van der Waals surface area contributed by atoms with E-state index >= 15 is 0 Å². The number of rotatable bonds is 3. The predicted octanol–water partition coefficient (Wildman–Crippen LogP) is 2.27. The third kappa shape index (κ3) is 2.93. The summed E-state index contributed by atoms with van der Waals surface area (Å²) in [6.07, 6.45) is -3.34. The van der Waals surface area contributed by atoms with E-state index in [0.717, 1.165) is 16.8 Å². The number of aromatic amines is 1. The molecular weight excluding hydrogens is 353 g/mol. The number of ether oxygens (including phenoxy) is 1.